The van der Waals surface area contributed by atoms with Crippen LogP contribution in [0.15, 0.2) is 24.4 Å². The molecular weight excluding hydrogens is 458 g/mol. The second kappa shape index (κ2) is 8.91. The van der Waals surface area contributed by atoms with E-state index in [1.807, 2.05) is 18.2 Å². The van der Waals surface area contributed by atoms with Gasteiger partial charge in [0.15, 0.2) is 0 Å². The van der Waals surface area contributed by atoms with E-state index in [-0.39, 0.29) is 10.8 Å². The molecule has 1 aromatic heterocycles. The minimum atomic E-state index is -3.15. The quantitative estimate of drug-likeness (QED) is 0.480. The monoisotopic (exact) mass is 487 g/mol. The Kier molecular flexibility index (Phi) is 5.94. The lowest BCUT2D eigenvalue weighted by Crippen LogP contribution is -2.49. The fourth-order valence-corrected chi connectivity index (χ4v) is 5.89. The summed E-state index contributed by atoms with van der Waals surface area (Å²) in [5.74, 6) is 0.844. The van der Waals surface area contributed by atoms with Gasteiger partial charge < -0.3 is 26.0 Å². The van der Waals surface area contributed by atoms with Crippen molar-refractivity contribution in [3.8, 4) is 5.75 Å². The Morgan fingerprint density at radius 2 is 1.88 bits per heavy atom. The molecule has 1 saturated heterocycles. The molecule has 1 amide bonds. The van der Waals surface area contributed by atoms with Crippen molar-refractivity contribution >= 4 is 39.1 Å². The average molecular weight is 488 g/mol. The summed E-state index contributed by atoms with van der Waals surface area (Å²) in [6, 6.07) is 5.99. The van der Waals surface area contributed by atoms with Gasteiger partial charge in [-0.3, -0.25) is 4.79 Å². The first-order valence-corrected chi connectivity index (χ1v) is 13.0. The van der Waals surface area contributed by atoms with Crippen molar-refractivity contribution in [3.63, 3.8) is 0 Å². The van der Waals surface area contributed by atoms with E-state index in [1.165, 1.54) is 6.20 Å². The van der Waals surface area contributed by atoms with E-state index in [0.29, 0.717) is 49.7 Å². The summed E-state index contributed by atoms with van der Waals surface area (Å²) in [5.41, 5.74) is 7.33. The van der Waals surface area contributed by atoms with E-state index in [1.54, 1.807) is 11.4 Å². The number of nitrogens with two attached hydrogens (primary N) is 1. The number of piperazine rings is 1. The van der Waals surface area contributed by atoms with Gasteiger partial charge in [-0.15, -0.1) is 0 Å². The molecule has 34 heavy (non-hydrogen) atoms. The van der Waals surface area contributed by atoms with Crippen LogP contribution < -0.4 is 26.0 Å². The van der Waals surface area contributed by atoms with Crippen LogP contribution in [0.3, 0.4) is 0 Å². The number of amides is 1. The van der Waals surface area contributed by atoms with Gasteiger partial charge in [-0.1, -0.05) is 0 Å². The van der Waals surface area contributed by atoms with Crippen LogP contribution in [0, 0.1) is 0 Å². The minimum absolute atomic E-state index is 0.182. The second-order valence-corrected chi connectivity index (χ2v) is 11.1. The van der Waals surface area contributed by atoms with E-state index in [4.69, 9.17) is 10.5 Å². The lowest BCUT2D eigenvalue weighted by atomic mass is 10.2. The standard InChI is InChI=1S/C22H29N7O4S/c1-33-19-12-15(26-22-24-13-17(20(23)30)21(27-22)25-14-2-3-14)4-7-18(19)28-8-10-29(11-9-28)34(31,32)16-5-6-16/h4,7,12-14,16H,2-3,5-6,8-11H2,1H3,(H2,23,30)(H2,24,25,26,27). The van der Waals surface area contributed by atoms with Crippen LogP contribution in [0.25, 0.3) is 0 Å². The molecule has 1 aromatic carbocycles. The number of rotatable bonds is 9. The maximum Gasteiger partial charge on any atom is 0.254 e. The van der Waals surface area contributed by atoms with Crippen LogP contribution in [0.4, 0.5) is 23.1 Å². The summed E-state index contributed by atoms with van der Waals surface area (Å²) in [6.45, 7) is 2.14. The molecule has 3 fully saturated rings. The molecule has 0 unspecified atom stereocenters. The van der Waals surface area contributed by atoms with Crippen molar-refractivity contribution in [3.05, 3.63) is 30.0 Å². The number of primary amides is 1. The maximum atomic E-state index is 12.5. The summed E-state index contributed by atoms with van der Waals surface area (Å²) in [5, 5.41) is 6.19. The van der Waals surface area contributed by atoms with Gasteiger partial charge in [-0.05, 0) is 37.8 Å². The Morgan fingerprint density at radius 1 is 1.15 bits per heavy atom. The Morgan fingerprint density at radius 3 is 2.50 bits per heavy atom. The Balaban J connectivity index is 1.29. The number of aromatic nitrogens is 2. The molecule has 2 saturated carbocycles. The molecule has 2 heterocycles. The van der Waals surface area contributed by atoms with E-state index in [0.717, 1.165) is 37.1 Å². The Labute approximate surface area is 198 Å². The molecule has 5 rings (SSSR count). The van der Waals surface area contributed by atoms with Crippen molar-refractivity contribution in [2.75, 3.05) is 48.8 Å². The first kappa shape index (κ1) is 22.7. The van der Waals surface area contributed by atoms with Gasteiger partial charge in [0.2, 0.25) is 16.0 Å². The summed E-state index contributed by atoms with van der Waals surface area (Å²) < 4.78 is 32.3. The molecule has 2 aromatic rings. The van der Waals surface area contributed by atoms with Crippen LogP contribution in [-0.4, -0.2) is 73.2 Å². The molecule has 4 N–H and O–H groups in total. The molecule has 11 nitrogen and oxygen atoms in total. The third-order valence-corrected chi connectivity index (χ3v) is 8.69. The number of sulfonamides is 1. The van der Waals surface area contributed by atoms with Gasteiger partial charge in [0.05, 0.1) is 23.6 Å². The van der Waals surface area contributed by atoms with Gasteiger partial charge in [0, 0.05) is 50.2 Å². The van der Waals surface area contributed by atoms with E-state index in [9.17, 15) is 13.2 Å². The highest BCUT2D eigenvalue weighted by molar-refractivity contribution is 7.90. The molecule has 0 radical (unpaired) electrons. The summed E-state index contributed by atoms with van der Waals surface area (Å²) in [4.78, 5) is 22.5. The van der Waals surface area contributed by atoms with E-state index in [2.05, 4.69) is 25.5 Å². The lowest BCUT2D eigenvalue weighted by Gasteiger charge is -2.36. The highest BCUT2D eigenvalue weighted by Gasteiger charge is 2.41. The van der Waals surface area contributed by atoms with Crippen LogP contribution in [0.5, 0.6) is 5.75 Å². The highest BCUT2D eigenvalue weighted by Crippen LogP contribution is 2.35. The predicted molar refractivity (Wildman–Crippen MR) is 129 cm³/mol. The van der Waals surface area contributed by atoms with Gasteiger partial charge in [0.1, 0.15) is 11.6 Å². The van der Waals surface area contributed by atoms with Crippen LogP contribution in [0.2, 0.25) is 0 Å². The number of carbonyl (C=O) groups excluding carboxylic acids is 1. The van der Waals surface area contributed by atoms with E-state index >= 15 is 0 Å². The smallest absolute Gasteiger partial charge is 0.254 e. The van der Waals surface area contributed by atoms with Crippen molar-refractivity contribution < 1.29 is 17.9 Å². The number of anilines is 4. The van der Waals surface area contributed by atoms with Gasteiger partial charge in [0.25, 0.3) is 5.91 Å². The zero-order chi connectivity index (χ0) is 23.9. The number of nitrogens with zero attached hydrogens (tertiary/aromatic N) is 4. The summed E-state index contributed by atoms with van der Waals surface area (Å²) in [7, 11) is -1.55. The highest BCUT2D eigenvalue weighted by atomic mass is 32.2. The first-order chi connectivity index (χ1) is 16.3. The molecule has 0 bridgehead atoms. The van der Waals surface area contributed by atoms with Crippen LogP contribution >= 0.6 is 0 Å². The molecular formula is C22H29N7O4S. The predicted octanol–water partition coefficient (Wildman–Crippen LogP) is 1.52. The molecule has 3 aliphatic rings. The first-order valence-electron chi connectivity index (χ1n) is 11.5. The van der Waals surface area contributed by atoms with Crippen molar-refractivity contribution in [2.45, 2.75) is 37.0 Å². The van der Waals surface area contributed by atoms with Crippen molar-refractivity contribution in [1.82, 2.24) is 14.3 Å². The number of hydrogen-bond donors (Lipinski definition) is 3. The Bertz CT molecular complexity index is 1190. The van der Waals surface area contributed by atoms with Gasteiger partial charge >= 0.3 is 0 Å². The molecule has 0 spiro atoms. The van der Waals surface area contributed by atoms with Gasteiger partial charge in [-0.25, -0.2) is 13.4 Å². The molecule has 2 aliphatic carbocycles. The summed E-state index contributed by atoms with van der Waals surface area (Å²) >= 11 is 0. The summed E-state index contributed by atoms with van der Waals surface area (Å²) in [6.07, 6.45) is 5.04. The molecule has 12 heteroatoms. The number of methoxy groups -OCH3 is 1. The number of benzene rings is 1. The molecule has 1 aliphatic heterocycles. The molecule has 182 valence electrons. The lowest BCUT2D eigenvalue weighted by molar-refractivity contribution is 0.100. The topological polar surface area (TPSA) is 143 Å². The number of nitrogens with one attached hydrogen (secondary N) is 2. The number of hydrogen-bond acceptors (Lipinski definition) is 9. The normalized spacial score (nSPS) is 19.0. The SMILES string of the molecule is COc1cc(Nc2ncc(C(N)=O)c(NC3CC3)n2)ccc1N1CCN(S(=O)(=O)C2CC2)CC1. The van der Waals surface area contributed by atoms with Crippen molar-refractivity contribution in [1.29, 1.82) is 0 Å². The average Bonchev–Trinajstić information content (AvgIpc) is 3.73. The van der Waals surface area contributed by atoms with E-state index < -0.39 is 15.9 Å². The second-order valence-electron chi connectivity index (χ2n) is 8.88. The number of ether oxygens (including phenoxy) is 1. The zero-order valence-electron chi connectivity index (χ0n) is 19.0. The third kappa shape index (κ3) is 4.73. The van der Waals surface area contributed by atoms with Crippen molar-refractivity contribution in [2.24, 2.45) is 5.73 Å². The minimum Gasteiger partial charge on any atom is -0.495 e. The number of carbonyl (C=O) groups is 1. The molecule has 0 atom stereocenters. The van der Waals surface area contributed by atoms with Crippen LogP contribution in [-0.2, 0) is 10.0 Å². The fraction of sp³-hybridized carbons (Fsp3) is 0.500. The third-order valence-electron chi connectivity index (χ3n) is 6.29. The van der Waals surface area contributed by atoms with Gasteiger partial charge in [-0.2, -0.15) is 9.29 Å². The maximum absolute atomic E-state index is 12.5. The fourth-order valence-electron chi connectivity index (χ4n) is 4.06. The van der Waals surface area contributed by atoms with Crippen LogP contribution in [0.1, 0.15) is 36.0 Å². The largest absolute Gasteiger partial charge is 0.495 e. The Hall–Kier alpha value is -3.12. The zero-order valence-corrected chi connectivity index (χ0v) is 19.8.